The molecule has 174 valence electrons. The Morgan fingerprint density at radius 3 is 2.22 bits per heavy atom. The number of phenolic OH excluding ortho intramolecular Hbond substituents is 1. The Hall–Kier alpha value is -2.91. The Labute approximate surface area is 189 Å². The summed E-state index contributed by atoms with van der Waals surface area (Å²) in [4.78, 5) is 25.3. The van der Waals surface area contributed by atoms with Gasteiger partial charge in [0.25, 0.3) is 0 Å². The zero-order valence-corrected chi connectivity index (χ0v) is 19.6. The lowest BCUT2D eigenvalue weighted by Gasteiger charge is -2.23. The van der Waals surface area contributed by atoms with E-state index in [1.807, 2.05) is 30.3 Å². The van der Waals surface area contributed by atoms with Gasteiger partial charge in [-0.25, -0.2) is 8.42 Å². The standard InChI is InChI=1S/C23H31N3O5S/c1-5-26(6-2)32(30,31)18-12-13-20(27)19(15-18)24-23(29)22(16(3)4)25-21(28)14-17-10-8-7-9-11-17/h7-13,15-16,22,27H,5-6,14H2,1-4H3,(H,24,29)(H,25,28)/t22-/m0/s1. The van der Waals surface area contributed by atoms with Crippen molar-refractivity contribution in [2.75, 3.05) is 18.4 Å². The monoisotopic (exact) mass is 461 g/mol. The Morgan fingerprint density at radius 2 is 1.66 bits per heavy atom. The Kier molecular flexibility index (Phi) is 8.80. The third-order valence-electron chi connectivity index (χ3n) is 5.04. The first-order chi connectivity index (χ1) is 15.1. The van der Waals surface area contributed by atoms with Crippen molar-refractivity contribution in [3.63, 3.8) is 0 Å². The first-order valence-corrected chi connectivity index (χ1v) is 12.0. The Morgan fingerprint density at radius 1 is 1.03 bits per heavy atom. The molecule has 0 spiro atoms. The highest BCUT2D eigenvalue weighted by Gasteiger charge is 2.27. The molecule has 0 aromatic heterocycles. The van der Waals surface area contributed by atoms with Gasteiger partial charge in [-0.2, -0.15) is 4.31 Å². The van der Waals surface area contributed by atoms with E-state index in [1.54, 1.807) is 27.7 Å². The van der Waals surface area contributed by atoms with E-state index < -0.39 is 22.0 Å². The highest BCUT2D eigenvalue weighted by atomic mass is 32.2. The van der Waals surface area contributed by atoms with Crippen LogP contribution in [0.15, 0.2) is 53.4 Å². The van der Waals surface area contributed by atoms with E-state index in [-0.39, 0.29) is 34.6 Å². The summed E-state index contributed by atoms with van der Waals surface area (Å²) in [6.07, 6.45) is 0.125. The molecule has 0 heterocycles. The zero-order chi connectivity index (χ0) is 23.9. The van der Waals surface area contributed by atoms with Crippen LogP contribution in [-0.2, 0) is 26.0 Å². The summed E-state index contributed by atoms with van der Waals surface area (Å²) in [6.45, 7) is 7.63. The molecule has 0 saturated carbocycles. The van der Waals surface area contributed by atoms with Crippen LogP contribution in [-0.4, -0.2) is 48.8 Å². The third-order valence-corrected chi connectivity index (χ3v) is 7.09. The van der Waals surface area contributed by atoms with Gasteiger partial charge in [-0.05, 0) is 29.7 Å². The summed E-state index contributed by atoms with van der Waals surface area (Å²) in [5, 5.41) is 15.5. The van der Waals surface area contributed by atoms with E-state index in [9.17, 15) is 23.1 Å². The molecule has 0 fully saturated rings. The number of phenols is 1. The number of rotatable bonds is 10. The van der Waals surface area contributed by atoms with Gasteiger partial charge < -0.3 is 15.7 Å². The molecule has 2 amide bonds. The molecule has 9 heteroatoms. The number of anilines is 1. The highest BCUT2D eigenvalue weighted by molar-refractivity contribution is 7.89. The molecule has 0 bridgehead atoms. The average Bonchev–Trinajstić information content (AvgIpc) is 2.74. The fraction of sp³-hybridized carbons (Fsp3) is 0.391. The predicted octanol–water partition coefficient (Wildman–Crippen LogP) is 2.74. The van der Waals surface area contributed by atoms with Crippen molar-refractivity contribution in [3.8, 4) is 5.75 Å². The first kappa shape index (κ1) is 25.4. The number of hydrogen-bond acceptors (Lipinski definition) is 5. The van der Waals surface area contributed by atoms with Gasteiger partial charge in [0.1, 0.15) is 11.8 Å². The SMILES string of the molecule is CCN(CC)S(=O)(=O)c1ccc(O)c(NC(=O)[C@@H](NC(=O)Cc2ccccc2)C(C)C)c1. The fourth-order valence-electron chi connectivity index (χ4n) is 3.24. The molecule has 0 aliphatic rings. The number of hydrogen-bond donors (Lipinski definition) is 3. The predicted molar refractivity (Wildman–Crippen MR) is 124 cm³/mol. The summed E-state index contributed by atoms with van der Waals surface area (Å²) >= 11 is 0. The molecule has 2 rings (SSSR count). The van der Waals surface area contributed by atoms with Crippen LogP contribution in [0, 0.1) is 5.92 Å². The average molecular weight is 462 g/mol. The molecule has 8 nitrogen and oxygen atoms in total. The first-order valence-electron chi connectivity index (χ1n) is 10.6. The zero-order valence-electron chi connectivity index (χ0n) is 18.8. The van der Waals surface area contributed by atoms with Crippen molar-refractivity contribution in [2.24, 2.45) is 5.92 Å². The minimum Gasteiger partial charge on any atom is -0.506 e. The quantitative estimate of drug-likeness (QED) is 0.471. The molecule has 2 aromatic rings. The highest BCUT2D eigenvalue weighted by Crippen LogP contribution is 2.28. The van der Waals surface area contributed by atoms with E-state index in [0.29, 0.717) is 13.1 Å². The maximum absolute atomic E-state index is 12.9. The van der Waals surface area contributed by atoms with Crippen molar-refractivity contribution in [2.45, 2.75) is 45.1 Å². The smallest absolute Gasteiger partial charge is 0.247 e. The van der Waals surface area contributed by atoms with Gasteiger partial charge >= 0.3 is 0 Å². The number of sulfonamides is 1. The van der Waals surface area contributed by atoms with Crippen LogP contribution in [0.3, 0.4) is 0 Å². The van der Waals surface area contributed by atoms with Crippen molar-refractivity contribution >= 4 is 27.5 Å². The van der Waals surface area contributed by atoms with Gasteiger partial charge in [0, 0.05) is 13.1 Å². The molecule has 0 aliphatic carbocycles. The van der Waals surface area contributed by atoms with Crippen LogP contribution in [0.2, 0.25) is 0 Å². The fourth-order valence-corrected chi connectivity index (χ4v) is 4.72. The number of carbonyl (C=O) groups excluding carboxylic acids is 2. The second-order valence-electron chi connectivity index (χ2n) is 7.71. The molecule has 3 N–H and O–H groups in total. The van der Waals surface area contributed by atoms with Gasteiger partial charge in [0.05, 0.1) is 17.0 Å². The lowest BCUT2D eigenvalue weighted by molar-refractivity contribution is -0.127. The molecule has 2 aromatic carbocycles. The van der Waals surface area contributed by atoms with Crippen LogP contribution in [0.1, 0.15) is 33.3 Å². The third kappa shape index (κ3) is 6.30. The van der Waals surface area contributed by atoms with Crippen molar-refractivity contribution in [1.29, 1.82) is 0 Å². The Balaban J connectivity index is 2.20. The maximum Gasteiger partial charge on any atom is 0.247 e. The number of nitrogens with one attached hydrogen (secondary N) is 2. The molecular weight excluding hydrogens is 430 g/mol. The molecular formula is C23H31N3O5S. The summed E-state index contributed by atoms with van der Waals surface area (Å²) < 4.78 is 26.8. The minimum atomic E-state index is -3.77. The number of nitrogens with zero attached hydrogens (tertiary/aromatic N) is 1. The summed E-state index contributed by atoms with van der Waals surface area (Å²) in [7, 11) is -3.77. The molecule has 1 atom stereocenters. The second-order valence-corrected chi connectivity index (χ2v) is 9.65. The van der Waals surface area contributed by atoms with Gasteiger partial charge in [-0.3, -0.25) is 9.59 Å². The lowest BCUT2D eigenvalue weighted by Crippen LogP contribution is -2.47. The topological polar surface area (TPSA) is 116 Å². The van der Waals surface area contributed by atoms with Gasteiger partial charge in [-0.15, -0.1) is 0 Å². The van der Waals surface area contributed by atoms with Crippen molar-refractivity contribution in [3.05, 3.63) is 54.1 Å². The van der Waals surface area contributed by atoms with Crippen LogP contribution in [0.5, 0.6) is 5.75 Å². The summed E-state index contributed by atoms with van der Waals surface area (Å²) in [5.41, 5.74) is 0.783. The number of benzene rings is 2. The van der Waals surface area contributed by atoms with Crippen molar-refractivity contribution < 1.29 is 23.1 Å². The Bertz CT molecular complexity index is 1030. The number of amides is 2. The molecule has 0 saturated heterocycles. The largest absolute Gasteiger partial charge is 0.506 e. The normalized spacial score (nSPS) is 12.6. The molecule has 32 heavy (non-hydrogen) atoms. The van der Waals surface area contributed by atoms with E-state index in [2.05, 4.69) is 10.6 Å². The van der Waals surface area contributed by atoms with E-state index in [1.165, 1.54) is 22.5 Å². The van der Waals surface area contributed by atoms with Crippen molar-refractivity contribution in [1.82, 2.24) is 9.62 Å². The van der Waals surface area contributed by atoms with Crippen LogP contribution in [0.4, 0.5) is 5.69 Å². The minimum absolute atomic E-state index is 0.0359. The van der Waals surface area contributed by atoms with E-state index in [0.717, 1.165) is 5.56 Å². The van der Waals surface area contributed by atoms with E-state index >= 15 is 0 Å². The number of aromatic hydroxyl groups is 1. The van der Waals surface area contributed by atoms with Crippen LogP contribution >= 0.6 is 0 Å². The van der Waals surface area contributed by atoms with Crippen LogP contribution < -0.4 is 10.6 Å². The molecule has 0 aliphatic heterocycles. The summed E-state index contributed by atoms with van der Waals surface area (Å²) in [5.74, 6) is -1.37. The van der Waals surface area contributed by atoms with E-state index in [4.69, 9.17) is 0 Å². The lowest BCUT2D eigenvalue weighted by atomic mass is 10.0. The van der Waals surface area contributed by atoms with Gasteiger partial charge in [0.2, 0.25) is 21.8 Å². The van der Waals surface area contributed by atoms with Gasteiger partial charge in [-0.1, -0.05) is 58.0 Å². The van der Waals surface area contributed by atoms with Crippen LogP contribution in [0.25, 0.3) is 0 Å². The molecule has 0 unspecified atom stereocenters. The number of carbonyl (C=O) groups is 2. The second kappa shape index (κ2) is 11.1. The van der Waals surface area contributed by atoms with Gasteiger partial charge in [0.15, 0.2) is 0 Å². The maximum atomic E-state index is 12.9. The molecule has 0 radical (unpaired) electrons. The summed E-state index contributed by atoms with van der Waals surface area (Å²) in [6, 6.07) is 12.0.